The quantitative estimate of drug-likeness (QED) is 0.162. The largest absolute Gasteiger partial charge is 0.310 e. The molecule has 318 valence electrons. The lowest BCUT2D eigenvalue weighted by Crippen LogP contribution is -2.42. The summed E-state index contributed by atoms with van der Waals surface area (Å²) in [4.78, 5) is 2.59. The van der Waals surface area contributed by atoms with Gasteiger partial charge in [0, 0.05) is 27.8 Å². The van der Waals surface area contributed by atoms with E-state index >= 15 is 0 Å². The third kappa shape index (κ3) is 7.71. The van der Waals surface area contributed by atoms with Crippen LogP contribution in [0.3, 0.4) is 0 Å². The number of rotatable bonds is 6. The molecule has 8 rings (SSSR count). The fourth-order valence-electron chi connectivity index (χ4n) is 10.0. The van der Waals surface area contributed by atoms with E-state index in [0.717, 1.165) is 6.42 Å². The molecule has 0 saturated heterocycles. The third-order valence-electron chi connectivity index (χ3n) is 14.1. The van der Waals surface area contributed by atoms with E-state index in [9.17, 15) is 0 Å². The number of hydrogen-bond donors (Lipinski definition) is 0. The van der Waals surface area contributed by atoms with Crippen molar-refractivity contribution in [1.82, 2.24) is 0 Å². The summed E-state index contributed by atoms with van der Waals surface area (Å²) in [6.07, 6.45) is 6.08. The molecule has 6 aromatic rings. The number of nitrogens with zero attached hydrogens (tertiary/aromatic N) is 1. The molecule has 0 aliphatic heterocycles. The molecule has 1 unspecified atom stereocenters. The predicted octanol–water partition coefficient (Wildman–Crippen LogP) is 17.0. The zero-order valence-corrected chi connectivity index (χ0v) is 40.1. The van der Waals surface area contributed by atoms with E-state index in [4.69, 9.17) is 0 Å². The van der Waals surface area contributed by atoms with Gasteiger partial charge in [-0.3, -0.25) is 0 Å². The first-order valence-corrected chi connectivity index (χ1v) is 22.9. The van der Waals surface area contributed by atoms with Gasteiger partial charge in [0.2, 0.25) is 0 Å². The fraction of sp³-hybridized carbons (Fsp3) is 0.344. The van der Waals surface area contributed by atoms with E-state index in [2.05, 4.69) is 254 Å². The fourth-order valence-corrected chi connectivity index (χ4v) is 10.0. The molecule has 0 radical (unpaired) electrons. The molecule has 62 heavy (non-hydrogen) atoms. The second kappa shape index (κ2) is 15.1. The van der Waals surface area contributed by atoms with Gasteiger partial charge in [-0.15, -0.1) is 0 Å². The number of allylic oxidation sites excluding steroid dienone is 3. The van der Waals surface area contributed by atoms with Gasteiger partial charge in [0.15, 0.2) is 0 Å². The summed E-state index contributed by atoms with van der Waals surface area (Å²) in [5.74, 6) is 0. The molecule has 0 bridgehead atoms. The topological polar surface area (TPSA) is 3.24 Å². The van der Waals surface area contributed by atoms with Crippen molar-refractivity contribution in [3.63, 3.8) is 0 Å². The standard InChI is InChI=1S/C61H69N/c1-56(2,3)44-26-22-25-42(33-44)43-34-49(40-61(39-43,59(10,11)12)47-36-45(57(4,5)6)35-46(37-47)58(7,8)9)62(55-30-21-19-27-50(55)41-23-16-15-17-24-41)48-31-32-52-51-28-18-20-29-53(51)60(13,14)54(52)38-48/h15-38,40H,39H2,1-14H3. The number of fused-ring (bicyclic) bond motifs is 3. The molecule has 1 atom stereocenters. The first kappa shape index (κ1) is 43.3. The number of hydrogen-bond acceptors (Lipinski definition) is 1. The van der Waals surface area contributed by atoms with Crippen LogP contribution in [0.4, 0.5) is 11.4 Å². The van der Waals surface area contributed by atoms with Crippen LogP contribution >= 0.6 is 0 Å². The Balaban J connectivity index is 1.49. The van der Waals surface area contributed by atoms with E-state index in [-0.39, 0.29) is 32.5 Å². The monoisotopic (exact) mass is 816 g/mol. The van der Waals surface area contributed by atoms with Crippen LogP contribution in [-0.4, -0.2) is 0 Å². The zero-order chi connectivity index (χ0) is 44.6. The van der Waals surface area contributed by atoms with Gasteiger partial charge in [-0.1, -0.05) is 218 Å². The highest BCUT2D eigenvalue weighted by Gasteiger charge is 2.46. The van der Waals surface area contributed by atoms with E-state index in [1.807, 2.05) is 0 Å². The molecule has 0 aromatic heterocycles. The van der Waals surface area contributed by atoms with Gasteiger partial charge in [0.05, 0.1) is 5.69 Å². The van der Waals surface area contributed by atoms with Crippen molar-refractivity contribution >= 4 is 16.9 Å². The van der Waals surface area contributed by atoms with E-state index in [0.29, 0.717) is 0 Å². The average Bonchev–Trinajstić information content (AvgIpc) is 3.45. The third-order valence-corrected chi connectivity index (χ3v) is 14.1. The number of para-hydroxylation sites is 1. The Kier molecular flexibility index (Phi) is 10.6. The van der Waals surface area contributed by atoms with Crippen molar-refractivity contribution in [3.05, 3.63) is 196 Å². The van der Waals surface area contributed by atoms with Crippen LogP contribution in [0.5, 0.6) is 0 Å². The SMILES string of the molecule is CC(C)(C)c1cccc(C2=CC(N(c3ccc4c(c3)C(C)(C)c3ccccc3-4)c3ccccc3-c3ccccc3)=CC(c3cc(C(C)(C)C)cc(C(C)(C)C)c3)(C(C)(C)C)C2)c1. The highest BCUT2D eigenvalue weighted by Crippen LogP contribution is 2.56. The minimum Gasteiger partial charge on any atom is -0.310 e. The number of anilines is 2. The van der Waals surface area contributed by atoms with Gasteiger partial charge in [0.1, 0.15) is 0 Å². The summed E-state index contributed by atoms with van der Waals surface area (Å²) in [5, 5.41) is 0. The van der Waals surface area contributed by atoms with Crippen LogP contribution in [0, 0.1) is 5.41 Å². The molecule has 0 fully saturated rings. The van der Waals surface area contributed by atoms with Crippen molar-refractivity contribution < 1.29 is 0 Å². The Morgan fingerprint density at radius 1 is 0.468 bits per heavy atom. The summed E-state index contributed by atoms with van der Waals surface area (Å²) >= 11 is 0. The normalized spacial score (nSPS) is 17.5. The first-order valence-electron chi connectivity index (χ1n) is 22.9. The molecular formula is C61H69N. The Bertz CT molecular complexity index is 2680. The van der Waals surface area contributed by atoms with Gasteiger partial charge in [0.25, 0.3) is 0 Å². The van der Waals surface area contributed by atoms with Crippen molar-refractivity contribution in [2.24, 2.45) is 5.41 Å². The van der Waals surface area contributed by atoms with Crippen molar-refractivity contribution in [2.75, 3.05) is 4.90 Å². The molecule has 0 amide bonds. The lowest BCUT2D eigenvalue weighted by molar-refractivity contribution is 0.238. The Labute approximate surface area is 374 Å². The second-order valence-corrected chi connectivity index (χ2v) is 22.9. The van der Waals surface area contributed by atoms with Crippen LogP contribution in [0.15, 0.2) is 157 Å². The van der Waals surface area contributed by atoms with Gasteiger partial charge in [-0.2, -0.15) is 0 Å². The smallest absolute Gasteiger partial charge is 0.0539 e. The summed E-state index contributed by atoms with van der Waals surface area (Å²) in [6.45, 7) is 33.4. The highest BCUT2D eigenvalue weighted by atomic mass is 15.2. The minimum absolute atomic E-state index is 0.0170. The molecular weight excluding hydrogens is 747 g/mol. The molecule has 6 aromatic carbocycles. The van der Waals surface area contributed by atoms with Gasteiger partial charge in [-0.25, -0.2) is 0 Å². The van der Waals surface area contributed by atoms with Gasteiger partial charge in [-0.05, 0) is 120 Å². The Hall–Kier alpha value is -5.40. The second-order valence-electron chi connectivity index (χ2n) is 22.9. The maximum absolute atomic E-state index is 2.67. The lowest BCUT2D eigenvalue weighted by atomic mass is 9.56. The van der Waals surface area contributed by atoms with Crippen LogP contribution in [0.25, 0.3) is 27.8 Å². The molecule has 0 saturated carbocycles. The Morgan fingerprint density at radius 2 is 1.03 bits per heavy atom. The molecule has 1 heteroatoms. The van der Waals surface area contributed by atoms with Crippen LogP contribution in [-0.2, 0) is 27.1 Å². The molecule has 0 N–H and O–H groups in total. The summed E-state index contributed by atoms with van der Waals surface area (Å²) in [7, 11) is 0. The van der Waals surface area contributed by atoms with Gasteiger partial charge < -0.3 is 4.90 Å². The van der Waals surface area contributed by atoms with Crippen LogP contribution < -0.4 is 4.90 Å². The van der Waals surface area contributed by atoms with Crippen LogP contribution in [0.1, 0.15) is 142 Å². The zero-order valence-electron chi connectivity index (χ0n) is 40.1. The maximum atomic E-state index is 2.67. The van der Waals surface area contributed by atoms with Crippen molar-refractivity contribution in [2.45, 2.75) is 130 Å². The maximum Gasteiger partial charge on any atom is 0.0539 e. The minimum atomic E-state index is -0.377. The Morgan fingerprint density at radius 3 is 1.66 bits per heavy atom. The molecule has 2 aliphatic carbocycles. The lowest BCUT2D eigenvalue weighted by Gasteiger charge is -2.48. The molecule has 0 heterocycles. The van der Waals surface area contributed by atoms with Crippen molar-refractivity contribution in [3.8, 4) is 22.3 Å². The first-order chi connectivity index (χ1) is 29.0. The van der Waals surface area contributed by atoms with Crippen LogP contribution in [0.2, 0.25) is 0 Å². The number of benzene rings is 6. The van der Waals surface area contributed by atoms with E-state index < -0.39 is 0 Å². The van der Waals surface area contributed by atoms with E-state index in [1.54, 1.807) is 0 Å². The molecule has 1 nitrogen and oxygen atoms in total. The summed E-state index contributed by atoms with van der Waals surface area (Å²) < 4.78 is 0. The molecule has 2 aliphatic rings. The predicted molar refractivity (Wildman–Crippen MR) is 269 cm³/mol. The average molecular weight is 816 g/mol. The van der Waals surface area contributed by atoms with Gasteiger partial charge >= 0.3 is 0 Å². The van der Waals surface area contributed by atoms with E-state index in [1.165, 1.54) is 83.8 Å². The summed E-state index contributed by atoms with van der Waals surface area (Å²) in [5.41, 5.74) is 18.8. The summed E-state index contributed by atoms with van der Waals surface area (Å²) in [6, 6.07) is 53.2. The van der Waals surface area contributed by atoms with Crippen molar-refractivity contribution in [1.29, 1.82) is 0 Å². The molecule has 0 spiro atoms. The highest BCUT2D eigenvalue weighted by molar-refractivity contribution is 5.90.